The summed E-state index contributed by atoms with van der Waals surface area (Å²) in [6.45, 7) is 5.70. The maximum absolute atomic E-state index is 12.2. The zero-order chi connectivity index (χ0) is 15.3. The molecule has 0 aromatic carbocycles. The van der Waals surface area contributed by atoms with E-state index in [1.807, 2.05) is 20.1 Å². The van der Waals surface area contributed by atoms with Gasteiger partial charge < -0.3 is 5.11 Å². The molecule has 1 rings (SSSR count). The van der Waals surface area contributed by atoms with Crippen LogP contribution in [0.2, 0.25) is 0 Å². The lowest BCUT2D eigenvalue weighted by Crippen LogP contribution is -2.32. The quantitative estimate of drug-likeness (QED) is 0.835. The van der Waals surface area contributed by atoms with E-state index in [2.05, 4.69) is 4.98 Å². The number of aryl methyl sites for hydroxylation is 1. The first-order chi connectivity index (χ1) is 9.42. The maximum Gasteiger partial charge on any atom is 0.348 e. The van der Waals surface area contributed by atoms with Crippen LogP contribution in [-0.4, -0.2) is 32.6 Å². The molecule has 1 N–H and O–H groups in total. The number of nitrogens with zero attached hydrogens (tertiary/aromatic N) is 2. The lowest BCUT2D eigenvalue weighted by atomic mass is 10.1. The number of aliphatic carboxylic acids is 1. The number of aromatic nitrogens is 2. The first kappa shape index (κ1) is 16.8. The summed E-state index contributed by atoms with van der Waals surface area (Å²) >= 11 is 1.69. The van der Waals surface area contributed by atoms with Crippen molar-refractivity contribution in [3.63, 3.8) is 0 Å². The predicted octanol–water partition coefficient (Wildman–Crippen LogP) is 2.19. The van der Waals surface area contributed by atoms with E-state index in [0.29, 0.717) is 12.1 Å². The van der Waals surface area contributed by atoms with Crippen LogP contribution in [-0.2, 0) is 11.2 Å². The second kappa shape index (κ2) is 7.47. The molecule has 0 aliphatic carbocycles. The van der Waals surface area contributed by atoms with E-state index in [4.69, 9.17) is 5.11 Å². The Kier molecular flexibility index (Phi) is 6.26. The largest absolute Gasteiger partial charge is 0.481 e. The van der Waals surface area contributed by atoms with Crippen molar-refractivity contribution in [1.82, 2.24) is 9.55 Å². The van der Waals surface area contributed by atoms with Crippen LogP contribution in [0.4, 0.5) is 0 Å². The highest BCUT2D eigenvalue weighted by Gasteiger charge is 2.18. The van der Waals surface area contributed by atoms with Gasteiger partial charge in [-0.15, -0.1) is 0 Å². The summed E-state index contributed by atoms with van der Waals surface area (Å²) < 4.78 is 1.72. The molecule has 112 valence electrons. The minimum absolute atomic E-state index is 0.0564. The topological polar surface area (TPSA) is 72.2 Å². The highest BCUT2D eigenvalue weighted by Crippen LogP contribution is 2.20. The molecule has 0 amide bonds. The molecule has 0 radical (unpaired) electrons. The van der Waals surface area contributed by atoms with Gasteiger partial charge in [-0.25, -0.2) is 4.79 Å². The molecular formula is C14H22N2O3S. The Morgan fingerprint density at radius 1 is 1.45 bits per heavy atom. The van der Waals surface area contributed by atoms with Gasteiger partial charge in [0.2, 0.25) is 0 Å². The van der Waals surface area contributed by atoms with Crippen LogP contribution < -0.4 is 5.69 Å². The van der Waals surface area contributed by atoms with Gasteiger partial charge in [0.15, 0.2) is 0 Å². The Morgan fingerprint density at radius 2 is 2.10 bits per heavy atom. The molecule has 1 unspecified atom stereocenters. The molecule has 20 heavy (non-hydrogen) atoms. The van der Waals surface area contributed by atoms with Gasteiger partial charge in [0, 0.05) is 29.6 Å². The molecule has 0 aliphatic rings. The molecule has 1 heterocycles. The van der Waals surface area contributed by atoms with Crippen molar-refractivity contribution in [2.24, 2.45) is 0 Å². The van der Waals surface area contributed by atoms with Crippen molar-refractivity contribution in [2.75, 3.05) is 12.0 Å². The van der Waals surface area contributed by atoms with E-state index < -0.39 is 5.97 Å². The Hall–Kier alpha value is -1.30. The van der Waals surface area contributed by atoms with Gasteiger partial charge in [0.1, 0.15) is 0 Å². The number of hydrogen-bond acceptors (Lipinski definition) is 4. The third-order valence-corrected chi connectivity index (χ3v) is 4.21. The Labute approximate surface area is 123 Å². The first-order valence-corrected chi connectivity index (χ1v) is 8.11. The van der Waals surface area contributed by atoms with Crippen molar-refractivity contribution in [3.8, 4) is 0 Å². The standard InChI is InChI=1S/C14H22N2O3S/c1-5-11(8-20-4)16-10(3)12(6-7-13(17)18)9(2)15-14(16)19/h11H,5-8H2,1-4H3,(H,17,18). The molecular weight excluding hydrogens is 276 g/mol. The zero-order valence-electron chi connectivity index (χ0n) is 12.5. The monoisotopic (exact) mass is 298 g/mol. The highest BCUT2D eigenvalue weighted by molar-refractivity contribution is 7.98. The molecule has 0 saturated heterocycles. The lowest BCUT2D eigenvalue weighted by molar-refractivity contribution is -0.136. The molecule has 6 heteroatoms. The SMILES string of the molecule is CCC(CSC)n1c(C)c(CCC(=O)O)c(C)nc1=O. The number of carboxylic acids is 1. The van der Waals surface area contributed by atoms with Crippen LogP contribution in [0.5, 0.6) is 0 Å². The highest BCUT2D eigenvalue weighted by atomic mass is 32.2. The van der Waals surface area contributed by atoms with Crippen LogP contribution in [0.15, 0.2) is 4.79 Å². The summed E-state index contributed by atoms with van der Waals surface area (Å²) in [6, 6.07) is 0.106. The summed E-state index contributed by atoms with van der Waals surface area (Å²) in [6.07, 6.45) is 3.33. The Morgan fingerprint density at radius 3 is 2.60 bits per heavy atom. The smallest absolute Gasteiger partial charge is 0.348 e. The molecule has 0 fully saturated rings. The maximum atomic E-state index is 12.2. The second-order valence-corrected chi connectivity index (χ2v) is 5.74. The number of thioether (sulfide) groups is 1. The minimum Gasteiger partial charge on any atom is -0.481 e. The molecule has 1 aromatic heterocycles. The van der Waals surface area contributed by atoms with Crippen LogP contribution in [0, 0.1) is 13.8 Å². The average molecular weight is 298 g/mol. The fourth-order valence-electron chi connectivity index (χ4n) is 2.41. The summed E-state index contributed by atoms with van der Waals surface area (Å²) in [7, 11) is 0. The van der Waals surface area contributed by atoms with E-state index in [9.17, 15) is 9.59 Å². The molecule has 0 saturated carbocycles. The molecule has 1 atom stereocenters. The molecule has 0 spiro atoms. The zero-order valence-corrected chi connectivity index (χ0v) is 13.3. The van der Waals surface area contributed by atoms with Gasteiger partial charge in [0.25, 0.3) is 0 Å². The van der Waals surface area contributed by atoms with E-state index in [1.54, 1.807) is 23.3 Å². The summed E-state index contributed by atoms with van der Waals surface area (Å²) in [5.41, 5.74) is 2.14. The third-order valence-electron chi connectivity index (χ3n) is 3.49. The summed E-state index contributed by atoms with van der Waals surface area (Å²) in [4.78, 5) is 27.0. The van der Waals surface area contributed by atoms with Crippen LogP contribution in [0.1, 0.15) is 42.8 Å². The fraction of sp³-hybridized carbons (Fsp3) is 0.643. The normalized spacial score (nSPS) is 12.4. The summed E-state index contributed by atoms with van der Waals surface area (Å²) in [5, 5.41) is 8.83. The number of rotatable bonds is 7. The Bertz CT molecular complexity index is 540. The van der Waals surface area contributed by atoms with Gasteiger partial charge in [-0.1, -0.05) is 6.92 Å². The van der Waals surface area contributed by atoms with E-state index >= 15 is 0 Å². The van der Waals surface area contributed by atoms with Crippen molar-refractivity contribution < 1.29 is 9.90 Å². The fourth-order valence-corrected chi connectivity index (χ4v) is 3.18. The number of hydrogen-bond donors (Lipinski definition) is 1. The van der Waals surface area contributed by atoms with Crippen LogP contribution in [0.25, 0.3) is 0 Å². The number of carboxylic acid groups (broad SMARTS) is 1. The van der Waals surface area contributed by atoms with Crippen molar-refractivity contribution in [2.45, 2.75) is 46.1 Å². The molecule has 0 bridgehead atoms. The third kappa shape index (κ3) is 3.85. The van der Waals surface area contributed by atoms with Gasteiger partial charge >= 0.3 is 11.7 Å². The van der Waals surface area contributed by atoms with Crippen molar-refractivity contribution in [1.29, 1.82) is 0 Å². The van der Waals surface area contributed by atoms with E-state index in [1.165, 1.54) is 0 Å². The minimum atomic E-state index is -0.835. The summed E-state index contributed by atoms with van der Waals surface area (Å²) in [5.74, 6) is 0.0121. The average Bonchev–Trinajstić information content (AvgIpc) is 2.36. The molecule has 0 aliphatic heterocycles. The van der Waals surface area contributed by atoms with Crippen LogP contribution >= 0.6 is 11.8 Å². The predicted molar refractivity (Wildman–Crippen MR) is 81.6 cm³/mol. The van der Waals surface area contributed by atoms with Gasteiger partial charge in [-0.3, -0.25) is 9.36 Å². The molecule has 5 nitrogen and oxygen atoms in total. The van der Waals surface area contributed by atoms with Gasteiger partial charge in [0.05, 0.1) is 0 Å². The Balaban J connectivity index is 3.27. The molecule has 1 aromatic rings. The van der Waals surface area contributed by atoms with E-state index in [0.717, 1.165) is 23.4 Å². The second-order valence-electron chi connectivity index (χ2n) is 4.82. The van der Waals surface area contributed by atoms with Crippen molar-refractivity contribution >= 4 is 17.7 Å². The van der Waals surface area contributed by atoms with E-state index in [-0.39, 0.29) is 18.2 Å². The van der Waals surface area contributed by atoms with Gasteiger partial charge in [-0.05, 0) is 38.5 Å². The number of carbonyl (C=O) groups is 1. The lowest BCUT2D eigenvalue weighted by Gasteiger charge is -2.22. The van der Waals surface area contributed by atoms with Gasteiger partial charge in [-0.2, -0.15) is 16.7 Å². The van der Waals surface area contributed by atoms with Crippen LogP contribution in [0.3, 0.4) is 0 Å². The first-order valence-electron chi connectivity index (χ1n) is 6.71. The van der Waals surface area contributed by atoms with Crippen molar-refractivity contribution in [3.05, 3.63) is 27.4 Å².